The Kier molecular flexibility index (Phi) is 6.24. The molecule has 1 aliphatic carbocycles. The summed E-state index contributed by atoms with van der Waals surface area (Å²) in [4.78, 5) is 12.7. The standard InChI is InChI=1S/C26H32ClN3S/c1-18-8-6-7-9-22(18)28-23-26(16-14-19(15-17-26)25(2,3)4)30(24(29-23)31-5)21-12-10-20(27)11-13-21/h6-13,19H,14-17H2,1-5H3. The SMILES string of the molecule is CSC1=NC(=Nc2ccccc2C)C2(CCC(C(C)(C)C)CC2)N1c1ccc(Cl)cc1. The lowest BCUT2D eigenvalue weighted by Gasteiger charge is -2.47. The van der Waals surface area contributed by atoms with Crippen molar-refractivity contribution in [1.29, 1.82) is 0 Å². The fourth-order valence-corrected chi connectivity index (χ4v) is 5.72. The van der Waals surface area contributed by atoms with Crippen LogP contribution in [0.15, 0.2) is 58.5 Å². The molecular weight excluding hydrogens is 422 g/mol. The molecule has 0 atom stereocenters. The Bertz CT molecular complexity index is 996. The lowest BCUT2D eigenvalue weighted by atomic mass is 9.66. The second-order valence-corrected chi connectivity index (χ2v) is 11.0. The van der Waals surface area contributed by atoms with E-state index in [1.54, 1.807) is 11.8 Å². The number of anilines is 1. The molecular formula is C26H32ClN3S. The number of aryl methyl sites for hydroxylation is 1. The summed E-state index contributed by atoms with van der Waals surface area (Å²) in [6.07, 6.45) is 6.56. The van der Waals surface area contributed by atoms with E-state index in [1.807, 2.05) is 12.1 Å². The largest absolute Gasteiger partial charge is 0.307 e. The molecule has 0 N–H and O–H groups in total. The molecule has 0 unspecified atom stereocenters. The Hall–Kier alpha value is -1.78. The first-order chi connectivity index (χ1) is 14.7. The summed E-state index contributed by atoms with van der Waals surface area (Å²) in [5.41, 5.74) is 3.44. The van der Waals surface area contributed by atoms with Gasteiger partial charge in [-0.2, -0.15) is 0 Å². The molecule has 1 fully saturated rings. The molecule has 1 heterocycles. The minimum atomic E-state index is -0.212. The number of rotatable bonds is 2. The third-order valence-electron chi connectivity index (χ3n) is 6.88. The number of halogens is 1. The molecule has 2 aromatic rings. The van der Waals surface area contributed by atoms with Crippen molar-refractivity contribution in [3.63, 3.8) is 0 Å². The number of nitrogens with zero attached hydrogens (tertiary/aromatic N) is 3. The van der Waals surface area contributed by atoms with Crippen molar-refractivity contribution < 1.29 is 0 Å². The summed E-state index contributed by atoms with van der Waals surface area (Å²) in [5.74, 6) is 1.66. The predicted octanol–water partition coefficient (Wildman–Crippen LogP) is 7.89. The average molecular weight is 454 g/mol. The monoisotopic (exact) mass is 453 g/mol. The van der Waals surface area contributed by atoms with Crippen LogP contribution in [0.4, 0.5) is 11.4 Å². The van der Waals surface area contributed by atoms with Crippen molar-refractivity contribution in [2.75, 3.05) is 11.2 Å². The third-order valence-corrected chi connectivity index (χ3v) is 7.77. The molecule has 0 radical (unpaired) electrons. The minimum Gasteiger partial charge on any atom is -0.307 e. The molecule has 0 saturated heterocycles. The van der Waals surface area contributed by atoms with Crippen LogP contribution in [0.1, 0.15) is 52.0 Å². The summed E-state index contributed by atoms with van der Waals surface area (Å²) in [5, 5.41) is 1.77. The van der Waals surface area contributed by atoms with E-state index >= 15 is 0 Å². The highest BCUT2D eigenvalue weighted by molar-refractivity contribution is 8.13. The van der Waals surface area contributed by atoms with Gasteiger partial charge in [0.15, 0.2) is 11.0 Å². The van der Waals surface area contributed by atoms with E-state index in [1.165, 1.54) is 18.4 Å². The first-order valence-corrected chi connectivity index (χ1v) is 12.7. The maximum absolute atomic E-state index is 6.21. The van der Waals surface area contributed by atoms with Gasteiger partial charge in [0.2, 0.25) is 0 Å². The van der Waals surface area contributed by atoms with Crippen molar-refractivity contribution in [3.05, 3.63) is 59.1 Å². The van der Waals surface area contributed by atoms with E-state index in [9.17, 15) is 0 Å². The van der Waals surface area contributed by atoms with Gasteiger partial charge in [-0.15, -0.1) is 0 Å². The Balaban J connectivity index is 1.81. The van der Waals surface area contributed by atoms with Crippen molar-refractivity contribution in [3.8, 4) is 0 Å². The number of hydrogen-bond acceptors (Lipinski definition) is 3. The Morgan fingerprint density at radius 3 is 2.29 bits per heavy atom. The maximum Gasteiger partial charge on any atom is 0.170 e. The van der Waals surface area contributed by atoms with Gasteiger partial charge >= 0.3 is 0 Å². The molecule has 0 bridgehead atoms. The van der Waals surface area contributed by atoms with Crippen LogP contribution < -0.4 is 4.90 Å². The zero-order valence-electron chi connectivity index (χ0n) is 19.2. The van der Waals surface area contributed by atoms with Gasteiger partial charge in [-0.25, -0.2) is 9.98 Å². The van der Waals surface area contributed by atoms with Gasteiger partial charge in [-0.05, 0) is 86.1 Å². The average Bonchev–Trinajstić information content (AvgIpc) is 3.03. The van der Waals surface area contributed by atoms with Crippen LogP contribution in [0.3, 0.4) is 0 Å². The molecule has 0 aromatic heterocycles. The first-order valence-electron chi connectivity index (χ1n) is 11.1. The number of amidine groups is 2. The molecule has 2 aromatic carbocycles. The molecule has 1 aliphatic heterocycles. The number of thioether (sulfide) groups is 1. The Labute approximate surface area is 196 Å². The summed E-state index contributed by atoms with van der Waals surface area (Å²) < 4.78 is 0. The smallest absolute Gasteiger partial charge is 0.170 e. The third kappa shape index (κ3) is 4.29. The summed E-state index contributed by atoms with van der Waals surface area (Å²) in [7, 11) is 0. The van der Waals surface area contributed by atoms with Gasteiger partial charge in [0, 0.05) is 10.7 Å². The summed E-state index contributed by atoms with van der Waals surface area (Å²) >= 11 is 7.91. The predicted molar refractivity (Wildman–Crippen MR) is 137 cm³/mol. The summed E-state index contributed by atoms with van der Waals surface area (Å²) in [6.45, 7) is 9.22. The Morgan fingerprint density at radius 2 is 1.71 bits per heavy atom. The van der Waals surface area contributed by atoms with Crippen LogP contribution in [0.2, 0.25) is 5.02 Å². The maximum atomic E-state index is 6.21. The van der Waals surface area contributed by atoms with Crippen LogP contribution in [0.25, 0.3) is 0 Å². The highest BCUT2D eigenvalue weighted by Gasteiger charge is 2.51. The Morgan fingerprint density at radius 1 is 1.06 bits per heavy atom. The molecule has 0 amide bonds. The lowest BCUT2D eigenvalue weighted by Crippen LogP contribution is -2.54. The van der Waals surface area contributed by atoms with Crippen molar-refractivity contribution in [2.45, 2.75) is 58.9 Å². The first kappa shape index (κ1) is 22.4. The van der Waals surface area contributed by atoms with E-state index in [0.717, 1.165) is 40.2 Å². The number of hydrogen-bond donors (Lipinski definition) is 0. The topological polar surface area (TPSA) is 28.0 Å². The molecule has 5 heteroatoms. The number of para-hydroxylation sites is 1. The highest BCUT2D eigenvalue weighted by Crippen LogP contribution is 2.49. The van der Waals surface area contributed by atoms with Gasteiger partial charge in [0.1, 0.15) is 5.54 Å². The quantitative estimate of drug-likeness (QED) is 0.462. The number of benzene rings is 2. The van der Waals surface area contributed by atoms with Gasteiger partial charge in [0.05, 0.1) is 5.69 Å². The van der Waals surface area contributed by atoms with E-state index in [0.29, 0.717) is 11.3 Å². The van der Waals surface area contributed by atoms with Crippen LogP contribution in [0.5, 0.6) is 0 Å². The van der Waals surface area contributed by atoms with E-state index < -0.39 is 0 Å². The van der Waals surface area contributed by atoms with Crippen LogP contribution in [-0.4, -0.2) is 22.8 Å². The zero-order chi connectivity index (χ0) is 22.2. The molecule has 31 heavy (non-hydrogen) atoms. The molecule has 1 saturated carbocycles. The molecule has 2 aliphatic rings. The highest BCUT2D eigenvalue weighted by atomic mass is 35.5. The normalized spacial score (nSPS) is 25.4. The van der Waals surface area contributed by atoms with Crippen LogP contribution >= 0.6 is 23.4 Å². The van der Waals surface area contributed by atoms with Gasteiger partial charge in [0.25, 0.3) is 0 Å². The molecule has 3 nitrogen and oxygen atoms in total. The van der Waals surface area contributed by atoms with E-state index in [-0.39, 0.29) is 5.54 Å². The van der Waals surface area contributed by atoms with Crippen molar-refractivity contribution in [1.82, 2.24) is 0 Å². The van der Waals surface area contributed by atoms with Gasteiger partial charge < -0.3 is 4.90 Å². The van der Waals surface area contributed by atoms with E-state index in [4.69, 9.17) is 21.6 Å². The fourth-order valence-electron chi connectivity index (χ4n) is 4.95. The minimum absolute atomic E-state index is 0.212. The second kappa shape index (κ2) is 8.63. The second-order valence-electron chi connectivity index (χ2n) is 9.80. The molecule has 4 rings (SSSR count). The fraction of sp³-hybridized carbons (Fsp3) is 0.462. The van der Waals surface area contributed by atoms with Gasteiger partial charge in [-0.3, -0.25) is 0 Å². The van der Waals surface area contributed by atoms with E-state index in [2.05, 4.69) is 75.2 Å². The van der Waals surface area contributed by atoms with Gasteiger partial charge in [-0.1, -0.05) is 62.3 Å². The molecule has 1 spiro atoms. The summed E-state index contributed by atoms with van der Waals surface area (Å²) in [6, 6.07) is 16.5. The van der Waals surface area contributed by atoms with Crippen LogP contribution in [-0.2, 0) is 0 Å². The van der Waals surface area contributed by atoms with Crippen LogP contribution in [0, 0.1) is 18.3 Å². The van der Waals surface area contributed by atoms with Crippen molar-refractivity contribution in [2.24, 2.45) is 21.3 Å². The zero-order valence-corrected chi connectivity index (χ0v) is 20.7. The number of aliphatic imine (C=N–C) groups is 2. The lowest BCUT2D eigenvalue weighted by molar-refractivity contribution is 0.158. The molecule has 164 valence electrons. The van der Waals surface area contributed by atoms with Crippen molar-refractivity contribution >= 4 is 45.7 Å².